The van der Waals surface area contributed by atoms with Crippen molar-refractivity contribution >= 4 is 0 Å². The summed E-state index contributed by atoms with van der Waals surface area (Å²) in [5, 5.41) is 12.8. The van der Waals surface area contributed by atoms with Crippen LogP contribution in [0.15, 0.2) is 5.11 Å². The summed E-state index contributed by atoms with van der Waals surface area (Å²) in [7, 11) is 0. The van der Waals surface area contributed by atoms with Gasteiger partial charge >= 0.3 is 0 Å². The van der Waals surface area contributed by atoms with Gasteiger partial charge in [-0.25, -0.2) is 0 Å². The van der Waals surface area contributed by atoms with Gasteiger partial charge in [-0.15, -0.1) is 0 Å². The second kappa shape index (κ2) is 9.36. The third-order valence-electron chi connectivity index (χ3n) is 1.98. The molecule has 1 unspecified atom stereocenters. The predicted octanol–water partition coefficient (Wildman–Crippen LogP) is 3.02. The van der Waals surface area contributed by atoms with Crippen LogP contribution in [0.2, 0.25) is 0 Å². The lowest BCUT2D eigenvalue weighted by atomic mass is 10.1. The molecule has 13 heavy (non-hydrogen) atoms. The smallest absolute Gasteiger partial charge is 0.0540 e. The van der Waals surface area contributed by atoms with E-state index in [0.717, 1.165) is 38.5 Å². The third-order valence-corrected chi connectivity index (χ3v) is 1.98. The molecule has 0 saturated carbocycles. The quantitative estimate of drug-likeness (QED) is 0.268. The van der Waals surface area contributed by atoms with E-state index in [1.807, 2.05) is 0 Å². The van der Waals surface area contributed by atoms with Crippen LogP contribution in [-0.4, -0.2) is 17.8 Å². The molecule has 76 valence electrons. The van der Waals surface area contributed by atoms with Crippen molar-refractivity contribution in [2.45, 2.75) is 51.6 Å². The van der Waals surface area contributed by atoms with Crippen LogP contribution in [-0.2, 0) is 0 Å². The molecule has 0 radical (unpaired) electrons. The van der Waals surface area contributed by atoms with Gasteiger partial charge < -0.3 is 5.11 Å². The standard InChI is InChI=1S/C9H19N3O/c1-2-6-9(13)7-4-3-5-8-11-12-10/h9,13H,2-8H2,1H3. The van der Waals surface area contributed by atoms with E-state index in [9.17, 15) is 5.11 Å². The molecular formula is C9H19N3O. The monoisotopic (exact) mass is 185 g/mol. The Labute approximate surface area is 79.6 Å². The zero-order valence-electron chi connectivity index (χ0n) is 8.32. The van der Waals surface area contributed by atoms with E-state index in [1.54, 1.807) is 0 Å². The number of unbranched alkanes of at least 4 members (excludes halogenated alkanes) is 2. The van der Waals surface area contributed by atoms with Crippen LogP contribution in [0.25, 0.3) is 10.4 Å². The van der Waals surface area contributed by atoms with Crippen molar-refractivity contribution in [1.29, 1.82) is 0 Å². The first-order valence-corrected chi connectivity index (χ1v) is 5.00. The maximum Gasteiger partial charge on any atom is 0.0540 e. The predicted molar refractivity (Wildman–Crippen MR) is 53.4 cm³/mol. The van der Waals surface area contributed by atoms with E-state index >= 15 is 0 Å². The van der Waals surface area contributed by atoms with Crippen LogP contribution in [0.1, 0.15) is 45.4 Å². The number of hydrogen-bond donors (Lipinski definition) is 1. The summed E-state index contributed by atoms with van der Waals surface area (Å²) < 4.78 is 0. The van der Waals surface area contributed by atoms with Crippen molar-refractivity contribution in [3.05, 3.63) is 10.4 Å². The summed E-state index contributed by atoms with van der Waals surface area (Å²) in [6.45, 7) is 2.66. The van der Waals surface area contributed by atoms with E-state index in [-0.39, 0.29) is 6.10 Å². The molecule has 0 aromatic heterocycles. The highest BCUT2D eigenvalue weighted by Gasteiger charge is 2.00. The number of aliphatic hydroxyl groups excluding tert-OH is 1. The van der Waals surface area contributed by atoms with Crippen LogP contribution in [0.4, 0.5) is 0 Å². The minimum atomic E-state index is -0.135. The Kier molecular flexibility index (Phi) is 8.83. The van der Waals surface area contributed by atoms with E-state index in [4.69, 9.17) is 5.53 Å². The highest BCUT2D eigenvalue weighted by Crippen LogP contribution is 2.07. The molecule has 0 bridgehead atoms. The van der Waals surface area contributed by atoms with E-state index < -0.39 is 0 Å². The summed E-state index contributed by atoms with van der Waals surface area (Å²) in [5.41, 5.74) is 8.00. The second-order valence-electron chi connectivity index (χ2n) is 3.25. The van der Waals surface area contributed by atoms with Crippen molar-refractivity contribution in [2.24, 2.45) is 5.11 Å². The molecule has 0 fully saturated rings. The molecule has 0 aliphatic rings. The minimum Gasteiger partial charge on any atom is -0.393 e. The van der Waals surface area contributed by atoms with Crippen LogP contribution in [0.5, 0.6) is 0 Å². The molecule has 0 spiro atoms. The average molecular weight is 185 g/mol. The molecule has 0 aliphatic heterocycles. The fraction of sp³-hybridized carbons (Fsp3) is 1.00. The number of aliphatic hydroxyl groups is 1. The molecular weight excluding hydrogens is 166 g/mol. The number of nitrogens with zero attached hydrogens (tertiary/aromatic N) is 3. The first-order valence-electron chi connectivity index (χ1n) is 5.00. The Bertz CT molecular complexity index is 155. The molecule has 0 rings (SSSR count). The topological polar surface area (TPSA) is 69.0 Å². The molecule has 1 atom stereocenters. The van der Waals surface area contributed by atoms with Gasteiger partial charge in [0.1, 0.15) is 0 Å². The zero-order chi connectivity index (χ0) is 9.94. The lowest BCUT2D eigenvalue weighted by molar-refractivity contribution is 0.150. The Hall–Kier alpha value is -0.730. The Morgan fingerprint density at radius 1 is 1.31 bits per heavy atom. The van der Waals surface area contributed by atoms with Crippen molar-refractivity contribution in [3.63, 3.8) is 0 Å². The lowest BCUT2D eigenvalue weighted by Gasteiger charge is -2.07. The van der Waals surface area contributed by atoms with Crippen LogP contribution >= 0.6 is 0 Å². The largest absolute Gasteiger partial charge is 0.393 e. The molecule has 0 aromatic rings. The molecule has 0 heterocycles. The lowest BCUT2D eigenvalue weighted by Crippen LogP contribution is -2.05. The SMILES string of the molecule is CCCC(O)CCCCCN=[N+]=[N-]. The minimum absolute atomic E-state index is 0.135. The van der Waals surface area contributed by atoms with Gasteiger partial charge in [0.25, 0.3) is 0 Å². The van der Waals surface area contributed by atoms with Gasteiger partial charge in [-0.1, -0.05) is 31.3 Å². The normalized spacial score (nSPS) is 12.2. The average Bonchev–Trinajstić information content (AvgIpc) is 2.11. The summed E-state index contributed by atoms with van der Waals surface area (Å²) in [6.07, 6.45) is 5.69. The van der Waals surface area contributed by atoms with Crippen molar-refractivity contribution < 1.29 is 5.11 Å². The molecule has 0 amide bonds. The summed E-state index contributed by atoms with van der Waals surface area (Å²) in [5.74, 6) is 0. The van der Waals surface area contributed by atoms with Crippen molar-refractivity contribution in [1.82, 2.24) is 0 Å². The van der Waals surface area contributed by atoms with Gasteiger partial charge in [-0.05, 0) is 24.8 Å². The maximum absolute atomic E-state index is 9.37. The Morgan fingerprint density at radius 2 is 2.08 bits per heavy atom. The summed E-state index contributed by atoms with van der Waals surface area (Å²) in [6, 6.07) is 0. The van der Waals surface area contributed by atoms with Crippen LogP contribution in [0, 0.1) is 0 Å². The number of azide groups is 1. The Balaban J connectivity index is 3.10. The molecule has 0 saturated heterocycles. The van der Waals surface area contributed by atoms with Gasteiger partial charge in [0.15, 0.2) is 0 Å². The fourth-order valence-corrected chi connectivity index (χ4v) is 1.26. The van der Waals surface area contributed by atoms with Gasteiger partial charge in [-0.3, -0.25) is 0 Å². The van der Waals surface area contributed by atoms with E-state index in [2.05, 4.69) is 16.9 Å². The highest BCUT2D eigenvalue weighted by molar-refractivity contribution is 4.55. The van der Waals surface area contributed by atoms with Gasteiger partial charge in [0.2, 0.25) is 0 Å². The molecule has 0 aromatic carbocycles. The van der Waals surface area contributed by atoms with Gasteiger partial charge in [-0.2, -0.15) is 0 Å². The Morgan fingerprint density at radius 3 is 2.69 bits per heavy atom. The zero-order valence-corrected chi connectivity index (χ0v) is 8.32. The third kappa shape index (κ3) is 9.18. The van der Waals surface area contributed by atoms with Crippen molar-refractivity contribution in [2.75, 3.05) is 6.54 Å². The molecule has 4 nitrogen and oxygen atoms in total. The molecule has 1 N–H and O–H groups in total. The van der Waals surface area contributed by atoms with Gasteiger partial charge in [0.05, 0.1) is 6.10 Å². The van der Waals surface area contributed by atoms with Crippen molar-refractivity contribution in [3.8, 4) is 0 Å². The highest BCUT2D eigenvalue weighted by atomic mass is 16.3. The van der Waals surface area contributed by atoms with Crippen LogP contribution in [0.3, 0.4) is 0 Å². The fourth-order valence-electron chi connectivity index (χ4n) is 1.26. The maximum atomic E-state index is 9.37. The van der Waals surface area contributed by atoms with E-state index in [0.29, 0.717) is 6.54 Å². The summed E-state index contributed by atoms with van der Waals surface area (Å²) in [4.78, 5) is 2.67. The molecule has 4 heteroatoms. The molecule has 0 aliphatic carbocycles. The summed E-state index contributed by atoms with van der Waals surface area (Å²) >= 11 is 0. The van der Waals surface area contributed by atoms with Gasteiger partial charge in [0, 0.05) is 11.5 Å². The number of rotatable bonds is 8. The first-order chi connectivity index (χ1) is 6.31. The van der Waals surface area contributed by atoms with E-state index in [1.165, 1.54) is 0 Å². The first kappa shape index (κ1) is 12.3. The number of hydrogen-bond acceptors (Lipinski definition) is 2. The van der Waals surface area contributed by atoms with Crippen LogP contribution < -0.4 is 0 Å². The second-order valence-corrected chi connectivity index (χ2v) is 3.25.